The maximum atomic E-state index is 8.29. The molecule has 1 rings (SSSR count). The van der Waals surface area contributed by atoms with Gasteiger partial charge < -0.3 is 4.90 Å². The van der Waals surface area contributed by atoms with Gasteiger partial charge in [-0.15, -0.1) is 0 Å². The molecule has 0 saturated carbocycles. The van der Waals surface area contributed by atoms with Crippen LogP contribution >= 0.6 is 0 Å². The van der Waals surface area contributed by atoms with Crippen LogP contribution in [0.2, 0.25) is 0 Å². The molecule has 0 aromatic rings. The van der Waals surface area contributed by atoms with Crippen molar-refractivity contribution in [3.8, 4) is 6.19 Å². The highest BCUT2D eigenvalue weighted by molar-refractivity contribution is 5.79. The van der Waals surface area contributed by atoms with E-state index >= 15 is 0 Å². The van der Waals surface area contributed by atoms with Crippen LogP contribution in [0.15, 0.2) is 0 Å². The molecule has 1 aliphatic heterocycles. The quantitative estimate of drug-likeness (QED) is 0.158. The molecule has 0 radical (unpaired) electrons. The smallest absolute Gasteiger partial charge is 0.207 e. The Hall–Kier alpha value is -1.24. The fourth-order valence-electron chi connectivity index (χ4n) is 0.521. The maximum absolute atomic E-state index is 8.29. The van der Waals surface area contributed by atoms with E-state index in [1.165, 1.54) is 4.90 Å². The summed E-state index contributed by atoms with van der Waals surface area (Å²) in [5.74, 6) is 0.303. The Morgan fingerprint density at radius 1 is 1.78 bits per heavy atom. The van der Waals surface area contributed by atoms with Gasteiger partial charge in [0.1, 0.15) is 0 Å². The number of guanidine groups is 1. The van der Waals surface area contributed by atoms with E-state index in [0.29, 0.717) is 5.96 Å². The topological polar surface area (TPSA) is 53.9 Å². The summed E-state index contributed by atoms with van der Waals surface area (Å²) >= 11 is 0. The first-order valence-electron chi connectivity index (χ1n) is 2.72. The first kappa shape index (κ1) is 5.89. The molecule has 1 N–H and O–H groups in total. The molecule has 1 aliphatic rings. The van der Waals surface area contributed by atoms with Crippen molar-refractivity contribution < 1.29 is 0 Å². The first-order chi connectivity index (χ1) is 4.25. The van der Waals surface area contributed by atoms with Crippen molar-refractivity contribution in [1.82, 2.24) is 9.80 Å². The molecule has 9 heavy (non-hydrogen) atoms. The van der Waals surface area contributed by atoms with E-state index in [1.807, 2.05) is 11.1 Å². The van der Waals surface area contributed by atoms with Gasteiger partial charge >= 0.3 is 0 Å². The number of hydrogen-bond donors (Lipinski definition) is 1. The van der Waals surface area contributed by atoms with E-state index in [4.69, 9.17) is 10.7 Å². The SMILES string of the molecule is CN(C#N)C(=N)N1CC1. The van der Waals surface area contributed by atoms with Crippen molar-refractivity contribution in [2.75, 3.05) is 20.1 Å². The van der Waals surface area contributed by atoms with Gasteiger partial charge in [0.2, 0.25) is 5.96 Å². The highest BCUT2D eigenvalue weighted by Gasteiger charge is 2.23. The Morgan fingerprint density at radius 3 is 2.67 bits per heavy atom. The maximum Gasteiger partial charge on any atom is 0.207 e. The lowest BCUT2D eigenvalue weighted by Gasteiger charge is -2.09. The second-order valence-corrected chi connectivity index (χ2v) is 1.97. The third-order valence-corrected chi connectivity index (χ3v) is 1.21. The van der Waals surface area contributed by atoms with Crippen LogP contribution in [-0.4, -0.2) is 35.9 Å². The van der Waals surface area contributed by atoms with E-state index in [0.717, 1.165) is 13.1 Å². The van der Waals surface area contributed by atoms with Crippen LogP contribution in [0.4, 0.5) is 0 Å². The van der Waals surface area contributed by atoms with E-state index in [1.54, 1.807) is 7.05 Å². The van der Waals surface area contributed by atoms with Crippen LogP contribution in [0, 0.1) is 16.9 Å². The van der Waals surface area contributed by atoms with Crippen molar-refractivity contribution in [1.29, 1.82) is 10.7 Å². The van der Waals surface area contributed by atoms with E-state index in [9.17, 15) is 0 Å². The van der Waals surface area contributed by atoms with Gasteiger partial charge in [-0.25, -0.2) is 0 Å². The third kappa shape index (κ3) is 1.11. The summed E-state index contributed by atoms with van der Waals surface area (Å²) in [5.41, 5.74) is 0. The summed E-state index contributed by atoms with van der Waals surface area (Å²) < 4.78 is 0. The number of nitrogens with one attached hydrogen (secondary N) is 1. The van der Waals surface area contributed by atoms with Crippen molar-refractivity contribution in [2.24, 2.45) is 0 Å². The molecule has 0 bridgehead atoms. The molecule has 1 saturated heterocycles. The minimum atomic E-state index is 0.303. The standard InChI is InChI=1S/C5H8N4/c1-8(4-6)5(7)9-2-3-9/h7H,2-3H2,1H3. The zero-order chi connectivity index (χ0) is 6.85. The van der Waals surface area contributed by atoms with Crippen molar-refractivity contribution in [3.05, 3.63) is 0 Å². The molecule has 0 unspecified atom stereocenters. The summed E-state index contributed by atoms with van der Waals surface area (Å²) in [6, 6.07) is 0. The summed E-state index contributed by atoms with van der Waals surface area (Å²) in [6.07, 6.45) is 1.85. The molecule has 48 valence electrons. The minimum Gasteiger partial charge on any atom is -0.339 e. The van der Waals surface area contributed by atoms with Crippen molar-refractivity contribution in [2.45, 2.75) is 0 Å². The van der Waals surface area contributed by atoms with Gasteiger partial charge in [0, 0.05) is 20.1 Å². The lowest BCUT2D eigenvalue weighted by molar-refractivity contribution is 0.605. The highest BCUT2D eigenvalue weighted by Crippen LogP contribution is 2.04. The summed E-state index contributed by atoms with van der Waals surface area (Å²) in [7, 11) is 1.58. The molecule has 0 aromatic heterocycles. The predicted octanol–water partition coefficient (Wildman–Crippen LogP) is -0.350. The van der Waals surface area contributed by atoms with Gasteiger partial charge in [0.05, 0.1) is 0 Å². The second kappa shape index (κ2) is 1.94. The number of nitriles is 1. The fourth-order valence-corrected chi connectivity index (χ4v) is 0.521. The van der Waals surface area contributed by atoms with E-state index in [2.05, 4.69) is 0 Å². The molecule has 1 heterocycles. The Morgan fingerprint density at radius 2 is 2.33 bits per heavy atom. The van der Waals surface area contributed by atoms with Gasteiger partial charge in [0.15, 0.2) is 6.19 Å². The Balaban J connectivity index is 2.42. The molecule has 4 heteroatoms. The Bertz CT molecular complexity index is 164. The lowest BCUT2D eigenvalue weighted by Crippen LogP contribution is -2.27. The zero-order valence-corrected chi connectivity index (χ0v) is 5.26. The molecule has 0 spiro atoms. The van der Waals surface area contributed by atoms with E-state index < -0.39 is 0 Å². The molecule has 0 aliphatic carbocycles. The van der Waals surface area contributed by atoms with Crippen LogP contribution in [0.1, 0.15) is 0 Å². The normalized spacial score (nSPS) is 14.4. The van der Waals surface area contributed by atoms with Gasteiger partial charge in [-0.2, -0.15) is 5.26 Å². The molecular formula is C5H8N4. The summed E-state index contributed by atoms with van der Waals surface area (Å²) in [5, 5.41) is 15.5. The van der Waals surface area contributed by atoms with Crippen LogP contribution in [-0.2, 0) is 0 Å². The molecule has 4 nitrogen and oxygen atoms in total. The number of rotatable bonds is 0. The van der Waals surface area contributed by atoms with Crippen LogP contribution < -0.4 is 0 Å². The monoisotopic (exact) mass is 124 g/mol. The first-order valence-corrected chi connectivity index (χ1v) is 2.72. The molecule has 0 atom stereocenters. The van der Waals surface area contributed by atoms with Crippen molar-refractivity contribution in [3.63, 3.8) is 0 Å². The van der Waals surface area contributed by atoms with Crippen LogP contribution in [0.3, 0.4) is 0 Å². The number of nitrogens with zero attached hydrogens (tertiary/aromatic N) is 3. The third-order valence-electron chi connectivity index (χ3n) is 1.21. The molecule has 0 amide bonds. The molecule has 1 fully saturated rings. The molecule has 0 aromatic carbocycles. The zero-order valence-electron chi connectivity index (χ0n) is 5.26. The van der Waals surface area contributed by atoms with Crippen LogP contribution in [0.25, 0.3) is 0 Å². The van der Waals surface area contributed by atoms with Crippen LogP contribution in [0.5, 0.6) is 0 Å². The number of hydrogen-bond acceptors (Lipinski definition) is 2. The van der Waals surface area contributed by atoms with E-state index in [-0.39, 0.29) is 0 Å². The van der Waals surface area contributed by atoms with Gasteiger partial charge in [-0.1, -0.05) is 0 Å². The Kier molecular flexibility index (Phi) is 1.27. The van der Waals surface area contributed by atoms with Gasteiger partial charge in [0.25, 0.3) is 0 Å². The molecular weight excluding hydrogens is 116 g/mol. The predicted molar refractivity (Wildman–Crippen MR) is 32.7 cm³/mol. The second-order valence-electron chi connectivity index (χ2n) is 1.97. The van der Waals surface area contributed by atoms with Crippen molar-refractivity contribution >= 4 is 5.96 Å². The van der Waals surface area contributed by atoms with Gasteiger partial charge in [-0.05, 0) is 0 Å². The largest absolute Gasteiger partial charge is 0.339 e. The summed E-state index contributed by atoms with van der Waals surface area (Å²) in [4.78, 5) is 3.05. The minimum absolute atomic E-state index is 0.303. The average Bonchev–Trinajstić information content (AvgIpc) is 2.66. The fraction of sp³-hybridized carbons (Fsp3) is 0.600. The lowest BCUT2D eigenvalue weighted by atomic mass is 10.8. The van der Waals surface area contributed by atoms with Gasteiger partial charge in [-0.3, -0.25) is 10.3 Å². The highest BCUT2D eigenvalue weighted by atomic mass is 15.4. The average molecular weight is 124 g/mol. The summed E-state index contributed by atoms with van der Waals surface area (Å²) in [6.45, 7) is 1.84. The Labute approximate surface area is 53.8 Å².